The van der Waals surface area contributed by atoms with Gasteiger partial charge >= 0.3 is 0 Å². The fraction of sp³-hybridized carbons (Fsp3) is 0.333. The molecule has 0 atom stereocenters. The first-order chi connectivity index (χ1) is 9.75. The second kappa shape index (κ2) is 5.63. The Morgan fingerprint density at radius 2 is 2.10 bits per heavy atom. The maximum atomic E-state index is 5.79. The largest absolute Gasteiger partial charge is 0.374 e. The molecule has 0 aliphatic carbocycles. The zero-order chi connectivity index (χ0) is 13.9. The molecule has 0 amide bonds. The van der Waals surface area contributed by atoms with Crippen LogP contribution >= 0.6 is 12.2 Å². The lowest BCUT2D eigenvalue weighted by Gasteiger charge is -2.06. The molecule has 1 aromatic heterocycles. The summed E-state index contributed by atoms with van der Waals surface area (Å²) in [5.74, 6) is 0.987. The summed E-state index contributed by atoms with van der Waals surface area (Å²) in [4.78, 5) is 0. The lowest BCUT2D eigenvalue weighted by molar-refractivity contribution is 0.771. The number of nitrogens with one attached hydrogen (secondary N) is 1. The van der Waals surface area contributed by atoms with Crippen molar-refractivity contribution in [3.8, 4) is 0 Å². The second-order valence-corrected chi connectivity index (χ2v) is 5.49. The van der Waals surface area contributed by atoms with Gasteiger partial charge in [0.25, 0.3) is 0 Å². The minimum absolute atomic E-state index is 0.301. The van der Waals surface area contributed by atoms with Crippen LogP contribution in [0.25, 0.3) is 0 Å². The molecular weight excluding hydrogens is 268 g/mol. The van der Waals surface area contributed by atoms with Gasteiger partial charge in [-0.2, -0.15) is 9.78 Å². The van der Waals surface area contributed by atoms with Crippen LogP contribution in [0.4, 0.5) is 5.82 Å². The average molecular weight is 286 g/mol. The Balaban J connectivity index is 2.00. The molecule has 0 saturated heterocycles. The minimum Gasteiger partial charge on any atom is -0.374 e. The van der Waals surface area contributed by atoms with Crippen LogP contribution < -0.4 is 11.1 Å². The monoisotopic (exact) mass is 286 g/mol. The van der Waals surface area contributed by atoms with Gasteiger partial charge in [0.2, 0.25) is 0 Å². The molecule has 1 aliphatic rings. The molecule has 0 bridgehead atoms. The Kier molecular flexibility index (Phi) is 3.69. The van der Waals surface area contributed by atoms with Crippen molar-refractivity contribution in [2.24, 2.45) is 5.73 Å². The van der Waals surface area contributed by atoms with Crippen LogP contribution in [-0.2, 0) is 12.8 Å². The molecule has 20 heavy (non-hydrogen) atoms. The molecule has 0 saturated carbocycles. The third kappa shape index (κ3) is 2.54. The number of benzene rings is 1. The van der Waals surface area contributed by atoms with Crippen LogP contribution in [0.3, 0.4) is 0 Å². The summed E-state index contributed by atoms with van der Waals surface area (Å²) in [6, 6.07) is 10.4. The van der Waals surface area contributed by atoms with Crippen molar-refractivity contribution in [3.63, 3.8) is 0 Å². The van der Waals surface area contributed by atoms with E-state index in [9.17, 15) is 0 Å². The van der Waals surface area contributed by atoms with Crippen molar-refractivity contribution < 1.29 is 0 Å². The number of fused-ring (bicyclic) bond motifs is 1. The maximum Gasteiger partial charge on any atom is 0.193 e. The lowest BCUT2D eigenvalue weighted by Crippen LogP contribution is -2.23. The van der Waals surface area contributed by atoms with Crippen molar-refractivity contribution >= 4 is 23.1 Å². The number of hydrogen-bond donors (Lipinski definition) is 2. The Morgan fingerprint density at radius 3 is 2.85 bits per heavy atom. The van der Waals surface area contributed by atoms with E-state index >= 15 is 0 Å². The lowest BCUT2D eigenvalue weighted by atomic mass is 10.0. The van der Waals surface area contributed by atoms with E-state index in [0.29, 0.717) is 5.11 Å². The molecule has 3 rings (SSSR count). The van der Waals surface area contributed by atoms with Gasteiger partial charge in [-0.25, -0.2) is 0 Å². The first-order valence-corrected chi connectivity index (χ1v) is 7.35. The number of thiocarbonyl (C=S) groups is 1. The molecule has 0 fully saturated rings. The van der Waals surface area contributed by atoms with Crippen LogP contribution in [0, 0.1) is 0 Å². The summed E-state index contributed by atoms with van der Waals surface area (Å²) < 4.78 is 1.67. The van der Waals surface area contributed by atoms with Crippen molar-refractivity contribution in [1.29, 1.82) is 0 Å². The summed E-state index contributed by atoms with van der Waals surface area (Å²) in [5.41, 5.74) is 9.38. The van der Waals surface area contributed by atoms with E-state index in [2.05, 4.69) is 34.7 Å². The Labute approximate surface area is 124 Å². The van der Waals surface area contributed by atoms with E-state index in [0.717, 1.165) is 37.3 Å². The van der Waals surface area contributed by atoms with E-state index in [4.69, 9.17) is 18.0 Å². The number of rotatable bonds is 2. The standard InChI is InChI=1S/C15H18N4S/c16-15(20)19-14-12(8-4-5-9-17-14)13(18-19)10-11-6-2-1-3-7-11/h1-3,6-7,17H,4-5,8-10H2,(H2,16,20). The Hall–Kier alpha value is -1.88. The zero-order valence-electron chi connectivity index (χ0n) is 11.3. The highest BCUT2D eigenvalue weighted by molar-refractivity contribution is 7.80. The molecule has 1 aliphatic heterocycles. The van der Waals surface area contributed by atoms with Crippen molar-refractivity contribution in [2.75, 3.05) is 11.9 Å². The summed E-state index contributed by atoms with van der Waals surface area (Å²) in [6.45, 7) is 0.950. The highest BCUT2D eigenvalue weighted by atomic mass is 32.1. The fourth-order valence-corrected chi connectivity index (χ4v) is 2.80. The Bertz CT molecular complexity index is 618. The topological polar surface area (TPSA) is 55.9 Å². The first-order valence-electron chi connectivity index (χ1n) is 6.94. The highest BCUT2D eigenvalue weighted by Crippen LogP contribution is 2.26. The van der Waals surface area contributed by atoms with E-state index in [1.165, 1.54) is 17.5 Å². The van der Waals surface area contributed by atoms with Gasteiger partial charge in [0.1, 0.15) is 5.82 Å². The second-order valence-electron chi connectivity index (χ2n) is 5.07. The summed E-state index contributed by atoms with van der Waals surface area (Å²) in [7, 11) is 0. The number of anilines is 1. The van der Waals surface area contributed by atoms with Crippen LogP contribution in [0.2, 0.25) is 0 Å². The molecule has 4 nitrogen and oxygen atoms in total. The predicted molar refractivity (Wildman–Crippen MR) is 85.1 cm³/mol. The fourth-order valence-electron chi connectivity index (χ4n) is 2.66. The normalized spacial score (nSPS) is 14.2. The third-order valence-electron chi connectivity index (χ3n) is 3.64. The van der Waals surface area contributed by atoms with Crippen LogP contribution in [0.5, 0.6) is 0 Å². The average Bonchev–Trinajstić information content (AvgIpc) is 2.63. The van der Waals surface area contributed by atoms with Gasteiger partial charge < -0.3 is 11.1 Å². The van der Waals surface area contributed by atoms with Gasteiger partial charge in [-0.3, -0.25) is 0 Å². The van der Waals surface area contributed by atoms with Gasteiger partial charge in [-0.15, -0.1) is 0 Å². The SMILES string of the molecule is NC(=S)n1nc(Cc2ccccc2)c2c1NCCCC2. The first kappa shape index (κ1) is 13.1. The molecule has 0 radical (unpaired) electrons. The van der Waals surface area contributed by atoms with Crippen molar-refractivity contribution in [1.82, 2.24) is 9.78 Å². The molecular formula is C15H18N4S. The van der Waals surface area contributed by atoms with E-state index < -0.39 is 0 Å². The molecule has 0 unspecified atom stereocenters. The molecule has 1 aromatic carbocycles. The summed E-state index contributed by atoms with van der Waals surface area (Å²) in [6.07, 6.45) is 4.19. The van der Waals surface area contributed by atoms with Crippen LogP contribution in [-0.4, -0.2) is 21.4 Å². The Morgan fingerprint density at radius 1 is 1.30 bits per heavy atom. The number of nitrogens with two attached hydrogens (primary N) is 1. The van der Waals surface area contributed by atoms with Gasteiger partial charge in [0.15, 0.2) is 5.11 Å². The number of hydrogen-bond acceptors (Lipinski definition) is 3. The summed E-state index contributed by atoms with van der Waals surface area (Å²) >= 11 is 5.11. The van der Waals surface area contributed by atoms with Gasteiger partial charge in [-0.1, -0.05) is 30.3 Å². The molecule has 0 spiro atoms. The predicted octanol–water partition coefficient (Wildman–Crippen LogP) is 2.31. The smallest absolute Gasteiger partial charge is 0.193 e. The van der Waals surface area contributed by atoms with E-state index in [1.54, 1.807) is 4.68 Å². The minimum atomic E-state index is 0.301. The summed E-state index contributed by atoms with van der Waals surface area (Å²) in [5, 5.41) is 8.33. The number of nitrogens with zero attached hydrogens (tertiary/aromatic N) is 2. The molecule has 2 aromatic rings. The molecule has 5 heteroatoms. The van der Waals surface area contributed by atoms with Crippen molar-refractivity contribution in [2.45, 2.75) is 25.7 Å². The van der Waals surface area contributed by atoms with Gasteiger partial charge in [0, 0.05) is 18.5 Å². The van der Waals surface area contributed by atoms with E-state index in [1.807, 2.05) is 6.07 Å². The van der Waals surface area contributed by atoms with Crippen molar-refractivity contribution in [3.05, 3.63) is 47.2 Å². The van der Waals surface area contributed by atoms with Gasteiger partial charge in [0.05, 0.1) is 5.69 Å². The zero-order valence-corrected chi connectivity index (χ0v) is 12.1. The molecule has 104 valence electrons. The molecule has 2 heterocycles. The maximum absolute atomic E-state index is 5.79. The highest BCUT2D eigenvalue weighted by Gasteiger charge is 2.20. The van der Waals surface area contributed by atoms with Crippen LogP contribution in [0.15, 0.2) is 30.3 Å². The van der Waals surface area contributed by atoms with Crippen LogP contribution in [0.1, 0.15) is 29.7 Å². The molecule has 3 N–H and O–H groups in total. The quantitative estimate of drug-likeness (QED) is 0.832. The third-order valence-corrected chi connectivity index (χ3v) is 3.81. The van der Waals surface area contributed by atoms with Gasteiger partial charge in [-0.05, 0) is 37.0 Å². The number of aromatic nitrogens is 2. The van der Waals surface area contributed by atoms with E-state index in [-0.39, 0.29) is 0 Å².